The molecule has 0 unspecified atom stereocenters. The minimum atomic E-state index is -1.10. The molecule has 4 saturated carbocycles. The van der Waals surface area contributed by atoms with Crippen molar-refractivity contribution in [2.75, 3.05) is 13.7 Å². The summed E-state index contributed by atoms with van der Waals surface area (Å²) < 4.78 is 16.8. The molecule has 0 amide bonds. The number of carbonyl (C=O) groups is 3. The van der Waals surface area contributed by atoms with E-state index in [9.17, 15) is 24.6 Å². The molecule has 0 aliphatic heterocycles. The lowest BCUT2D eigenvalue weighted by Gasteiger charge is -2.72. The number of allylic oxidation sites excluding steroid dienone is 2. The average molecular weight is 603 g/mol. The highest BCUT2D eigenvalue weighted by Crippen LogP contribution is 2.76. The number of carbonyl (C=O) groups excluding carboxylic acids is 3. The Morgan fingerprint density at radius 3 is 2.26 bits per heavy atom. The van der Waals surface area contributed by atoms with Crippen LogP contribution in [0, 0.1) is 56.7 Å². The molecule has 0 saturated heterocycles. The molecule has 4 fully saturated rings. The number of esters is 3. The minimum absolute atomic E-state index is 0.0699. The van der Waals surface area contributed by atoms with Crippen LogP contribution in [0.5, 0.6) is 0 Å². The molecule has 0 aromatic carbocycles. The molecule has 0 spiro atoms. The van der Waals surface area contributed by atoms with E-state index in [4.69, 9.17) is 14.2 Å². The van der Waals surface area contributed by atoms with Crippen molar-refractivity contribution in [3.8, 4) is 0 Å². The van der Waals surface area contributed by atoms with Crippen molar-refractivity contribution < 1.29 is 38.8 Å². The Labute approximate surface area is 257 Å². The van der Waals surface area contributed by atoms with E-state index in [-0.39, 0.29) is 41.2 Å². The summed E-state index contributed by atoms with van der Waals surface area (Å²) in [4.78, 5) is 37.7. The maximum atomic E-state index is 13.6. The first-order valence-corrected chi connectivity index (χ1v) is 16.4. The highest BCUT2D eigenvalue weighted by atomic mass is 16.6. The Balaban J connectivity index is 1.64. The molecule has 0 aromatic heterocycles. The van der Waals surface area contributed by atoms with E-state index in [1.807, 2.05) is 6.92 Å². The molecule has 0 heterocycles. The van der Waals surface area contributed by atoms with Gasteiger partial charge in [-0.25, -0.2) is 0 Å². The number of aliphatic hydroxyl groups excluding tert-OH is 2. The van der Waals surface area contributed by atoms with Gasteiger partial charge in [-0.05, 0) is 84.9 Å². The number of hydrogen-bond donors (Lipinski definition) is 2. The molecule has 8 nitrogen and oxygen atoms in total. The fraction of sp³-hybridized carbons (Fsp3) is 0.857. The summed E-state index contributed by atoms with van der Waals surface area (Å²) in [5, 5.41) is 23.9. The van der Waals surface area contributed by atoms with Crippen LogP contribution < -0.4 is 0 Å². The highest BCUT2D eigenvalue weighted by Gasteiger charge is 2.73. The van der Waals surface area contributed by atoms with E-state index in [0.29, 0.717) is 24.7 Å². The molecular weight excluding hydrogens is 548 g/mol. The lowest BCUT2D eigenvalue weighted by atomic mass is 9.32. The maximum absolute atomic E-state index is 13.6. The van der Waals surface area contributed by atoms with Crippen molar-refractivity contribution in [2.24, 2.45) is 56.7 Å². The molecule has 242 valence electrons. The average Bonchev–Trinajstić information content (AvgIpc) is 2.92. The van der Waals surface area contributed by atoms with Gasteiger partial charge in [0.1, 0.15) is 6.10 Å². The molecule has 0 bridgehead atoms. The molecule has 5 rings (SSSR count). The number of ether oxygens (including phenoxy) is 3. The number of fused-ring (bicyclic) bond motifs is 7. The predicted octanol–water partition coefficient (Wildman–Crippen LogP) is 5.23. The first kappa shape index (κ1) is 32.5. The lowest BCUT2D eigenvalue weighted by molar-refractivity contribution is -0.277. The largest absolute Gasteiger partial charge is 0.469 e. The van der Waals surface area contributed by atoms with Gasteiger partial charge in [0, 0.05) is 25.2 Å². The van der Waals surface area contributed by atoms with E-state index in [1.54, 1.807) is 0 Å². The zero-order valence-electron chi connectivity index (χ0n) is 27.7. The van der Waals surface area contributed by atoms with Crippen molar-refractivity contribution in [3.05, 3.63) is 11.6 Å². The number of methoxy groups -OCH3 is 1. The van der Waals surface area contributed by atoms with E-state index < -0.39 is 46.5 Å². The van der Waals surface area contributed by atoms with Crippen molar-refractivity contribution in [1.29, 1.82) is 0 Å². The summed E-state index contributed by atoms with van der Waals surface area (Å²) in [7, 11) is 1.51. The van der Waals surface area contributed by atoms with E-state index in [2.05, 4.69) is 40.7 Å². The van der Waals surface area contributed by atoms with Gasteiger partial charge in [0.15, 0.2) is 0 Å². The van der Waals surface area contributed by atoms with E-state index >= 15 is 0 Å². The molecule has 5 aliphatic rings. The van der Waals surface area contributed by atoms with Gasteiger partial charge in [0.05, 0.1) is 31.3 Å². The van der Waals surface area contributed by atoms with Crippen LogP contribution in [0.25, 0.3) is 0 Å². The summed E-state index contributed by atoms with van der Waals surface area (Å²) >= 11 is 0. The van der Waals surface area contributed by atoms with E-state index in [1.165, 1.54) is 26.5 Å². The summed E-state index contributed by atoms with van der Waals surface area (Å²) in [6.45, 7) is 16.0. The minimum Gasteiger partial charge on any atom is -0.469 e. The van der Waals surface area contributed by atoms with Crippen LogP contribution in [0.1, 0.15) is 100 Å². The third-order valence-electron chi connectivity index (χ3n) is 14.1. The summed E-state index contributed by atoms with van der Waals surface area (Å²) in [6, 6.07) is 0. The van der Waals surface area contributed by atoms with Crippen LogP contribution in [-0.4, -0.2) is 60.1 Å². The van der Waals surface area contributed by atoms with Crippen LogP contribution in [0.15, 0.2) is 11.6 Å². The van der Waals surface area contributed by atoms with E-state index in [0.717, 1.165) is 32.1 Å². The second-order valence-electron chi connectivity index (χ2n) is 16.0. The molecule has 8 heteroatoms. The van der Waals surface area contributed by atoms with Gasteiger partial charge in [0.25, 0.3) is 0 Å². The molecular formula is C35H54O8. The molecule has 2 N–H and O–H groups in total. The summed E-state index contributed by atoms with van der Waals surface area (Å²) in [5.41, 5.74) is -1.31. The standard InChI is InChI=1S/C35H54O8/c1-19-12-13-35(30(40)41-9)15-14-33(7)23(27(35)20(19)2)10-11-26-31(5)17-25(43-22(4)37)29(39)32(6,18-42-21(3)36)28(31)24(38)16-34(26,33)8/h10,19-20,24-29,38-39H,11-18H2,1-9H3/t19-,20+,24-,25-,26-,27-,28-,29+,31-,32+,33-,34-,35+/m1/s1. The Hall–Kier alpha value is -1.93. The lowest BCUT2D eigenvalue weighted by Crippen LogP contribution is -2.72. The molecule has 43 heavy (non-hydrogen) atoms. The van der Waals surface area contributed by atoms with Gasteiger partial charge < -0.3 is 24.4 Å². The van der Waals surface area contributed by atoms with Crippen LogP contribution >= 0.6 is 0 Å². The van der Waals surface area contributed by atoms with Crippen molar-refractivity contribution in [2.45, 2.75) is 119 Å². The third-order valence-corrected chi connectivity index (χ3v) is 14.1. The monoisotopic (exact) mass is 602 g/mol. The van der Waals surface area contributed by atoms with Gasteiger partial charge in [-0.15, -0.1) is 0 Å². The first-order chi connectivity index (χ1) is 19.9. The van der Waals surface area contributed by atoms with Crippen LogP contribution in [0.4, 0.5) is 0 Å². The van der Waals surface area contributed by atoms with Crippen molar-refractivity contribution in [3.63, 3.8) is 0 Å². The van der Waals surface area contributed by atoms with Crippen LogP contribution in [0.2, 0.25) is 0 Å². The Morgan fingerprint density at radius 2 is 1.65 bits per heavy atom. The smallest absolute Gasteiger partial charge is 0.312 e. The van der Waals surface area contributed by atoms with Crippen molar-refractivity contribution >= 4 is 17.9 Å². The van der Waals surface area contributed by atoms with Crippen molar-refractivity contribution in [1.82, 2.24) is 0 Å². The molecule has 0 radical (unpaired) electrons. The van der Waals surface area contributed by atoms with Gasteiger partial charge in [-0.3, -0.25) is 14.4 Å². The Kier molecular flexibility index (Phi) is 7.98. The summed E-state index contributed by atoms with van der Waals surface area (Å²) in [6.07, 6.45) is 4.90. The summed E-state index contributed by atoms with van der Waals surface area (Å²) in [5.74, 6) is -0.402. The fourth-order valence-corrected chi connectivity index (χ4v) is 11.9. The zero-order valence-corrected chi connectivity index (χ0v) is 27.7. The fourth-order valence-electron chi connectivity index (χ4n) is 11.9. The number of rotatable bonds is 4. The normalized spacial score (nSPS) is 50.5. The molecule has 0 aromatic rings. The maximum Gasteiger partial charge on any atom is 0.312 e. The number of hydrogen-bond acceptors (Lipinski definition) is 8. The van der Waals surface area contributed by atoms with Gasteiger partial charge in [-0.1, -0.05) is 53.2 Å². The SMILES string of the molecule is COC(=O)[C@]12CC[C@@H](C)[C@H](C)[C@@H]1C1=CC[C@@H]3[C@@]4(C)C[C@@H](OC(C)=O)[C@H](O)[C@@](C)(COC(C)=O)[C@@H]4[C@H](O)C[C@@]3(C)[C@]1(C)CC2. The van der Waals surface area contributed by atoms with Crippen LogP contribution in [0.3, 0.4) is 0 Å². The molecule has 5 aliphatic carbocycles. The van der Waals surface area contributed by atoms with Gasteiger partial charge >= 0.3 is 17.9 Å². The topological polar surface area (TPSA) is 119 Å². The third kappa shape index (κ3) is 4.39. The molecule has 13 atom stereocenters. The second kappa shape index (κ2) is 10.6. The first-order valence-electron chi connectivity index (χ1n) is 16.4. The van der Waals surface area contributed by atoms with Gasteiger partial charge in [0.2, 0.25) is 0 Å². The predicted molar refractivity (Wildman–Crippen MR) is 160 cm³/mol. The second-order valence-corrected chi connectivity index (χ2v) is 16.0. The van der Waals surface area contributed by atoms with Gasteiger partial charge in [-0.2, -0.15) is 0 Å². The Bertz CT molecular complexity index is 1200. The van der Waals surface area contributed by atoms with Crippen LogP contribution in [-0.2, 0) is 28.6 Å². The highest BCUT2D eigenvalue weighted by molar-refractivity contribution is 5.78. The quantitative estimate of drug-likeness (QED) is 0.255. The Morgan fingerprint density at radius 1 is 0.977 bits per heavy atom. The zero-order chi connectivity index (χ0) is 31.9. The number of aliphatic hydroxyl groups is 2.